The van der Waals surface area contributed by atoms with Gasteiger partial charge in [-0.15, -0.1) is 4.85 Å². The highest BCUT2D eigenvalue weighted by molar-refractivity contribution is 5.06. The van der Waals surface area contributed by atoms with Crippen LogP contribution in [-0.2, 0) is 0 Å². The van der Waals surface area contributed by atoms with Crippen LogP contribution in [0.3, 0.4) is 0 Å². The molecule has 0 unspecified atom stereocenters. The van der Waals surface area contributed by atoms with Crippen molar-refractivity contribution in [1.82, 2.24) is 9.94 Å². The highest BCUT2D eigenvalue weighted by Crippen LogP contribution is 2.52. The van der Waals surface area contributed by atoms with Gasteiger partial charge in [0.1, 0.15) is 12.0 Å². The topological polar surface area (TPSA) is 47.3 Å². The third-order valence-electron chi connectivity index (χ3n) is 2.96. The van der Waals surface area contributed by atoms with Crippen molar-refractivity contribution in [1.29, 1.82) is 0 Å². The van der Waals surface area contributed by atoms with Crippen molar-refractivity contribution in [2.75, 3.05) is 6.61 Å². The maximum Gasteiger partial charge on any atom is 0.397 e. The Morgan fingerprint density at radius 2 is 2.19 bits per heavy atom. The zero-order valence-electron chi connectivity index (χ0n) is 8.37. The molecule has 1 aromatic heterocycles. The highest BCUT2D eigenvalue weighted by atomic mass is 19.4. The molecule has 2 rings (SSSR count). The van der Waals surface area contributed by atoms with Crippen molar-refractivity contribution >= 4 is 0 Å². The van der Waals surface area contributed by atoms with Crippen LogP contribution in [0.1, 0.15) is 19.3 Å². The first-order valence-electron chi connectivity index (χ1n) is 4.87. The van der Waals surface area contributed by atoms with Gasteiger partial charge in [0, 0.05) is 6.07 Å². The van der Waals surface area contributed by atoms with E-state index < -0.39 is 18.2 Å². The monoisotopic (exact) mass is 236 g/mol. The largest absolute Gasteiger partial charge is 0.476 e. The minimum absolute atomic E-state index is 0.00183. The quantitative estimate of drug-likeness (QED) is 0.818. The van der Waals surface area contributed by atoms with Crippen molar-refractivity contribution in [2.24, 2.45) is 5.41 Å². The number of aromatic nitrogens is 2. The molecule has 1 heterocycles. The van der Waals surface area contributed by atoms with E-state index >= 15 is 0 Å². The fourth-order valence-electron chi connectivity index (χ4n) is 1.70. The minimum Gasteiger partial charge on any atom is -0.476 e. The number of hydrogen-bond acceptors (Lipinski definition) is 3. The molecule has 0 spiro atoms. The molecule has 0 atom stereocenters. The van der Waals surface area contributed by atoms with Gasteiger partial charge in [-0.1, -0.05) is 11.5 Å². The van der Waals surface area contributed by atoms with Crippen LogP contribution in [0.2, 0.25) is 0 Å². The Hall–Kier alpha value is -1.40. The van der Waals surface area contributed by atoms with Gasteiger partial charge in [-0.25, -0.2) is 0 Å². The first-order chi connectivity index (χ1) is 7.43. The third-order valence-corrected chi connectivity index (χ3v) is 2.96. The lowest BCUT2D eigenvalue weighted by Gasteiger charge is -2.42. The molecular formula is C9H11F3N2O2. The molecule has 16 heavy (non-hydrogen) atoms. The standard InChI is InChI=1S/C9H11F3N2O2/c10-9(11,12)8(3-1-4-8)6-16-7-2-5-14(15)13-7/h2,5,15H,1,3-4,6H2. The van der Waals surface area contributed by atoms with Crippen LogP contribution in [0.25, 0.3) is 0 Å². The highest BCUT2D eigenvalue weighted by Gasteiger charge is 2.58. The van der Waals surface area contributed by atoms with Crippen molar-refractivity contribution in [2.45, 2.75) is 25.4 Å². The number of rotatable bonds is 3. The molecule has 7 heteroatoms. The predicted octanol–water partition coefficient (Wildman–Crippen LogP) is 2.23. The molecule has 1 fully saturated rings. The Kier molecular flexibility index (Phi) is 2.47. The summed E-state index contributed by atoms with van der Waals surface area (Å²) in [7, 11) is 0. The Balaban J connectivity index is 1.98. The van der Waals surface area contributed by atoms with Gasteiger partial charge in [0.2, 0.25) is 5.88 Å². The van der Waals surface area contributed by atoms with Gasteiger partial charge in [0.25, 0.3) is 0 Å². The van der Waals surface area contributed by atoms with E-state index in [1.165, 1.54) is 12.3 Å². The predicted molar refractivity (Wildman–Crippen MR) is 47.2 cm³/mol. The average Bonchev–Trinajstić information content (AvgIpc) is 2.46. The first-order valence-corrected chi connectivity index (χ1v) is 4.87. The molecule has 1 aliphatic rings. The fraction of sp³-hybridized carbons (Fsp3) is 0.667. The molecular weight excluding hydrogens is 225 g/mol. The van der Waals surface area contributed by atoms with Crippen LogP contribution in [0, 0.1) is 5.41 Å². The number of ether oxygens (including phenoxy) is 1. The summed E-state index contributed by atoms with van der Waals surface area (Å²) in [5.41, 5.74) is -1.73. The van der Waals surface area contributed by atoms with Gasteiger partial charge in [-0.3, -0.25) is 0 Å². The molecule has 4 nitrogen and oxygen atoms in total. The lowest BCUT2D eigenvalue weighted by Crippen LogP contribution is -2.48. The van der Waals surface area contributed by atoms with E-state index in [-0.39, 0.29) is 18.7 Å². The smallest absolute Gasteiger partial charge is 0.397 e. The van der Waals surface area contributed by atoms with Gasteiger partial charge >= 0.3 is 6.18 Å². The maximum atomic E-state index is 12.7. The van der Waals surface area contributed by atoms with E-state index in [0.717, 1.165) is 0 Å². The van der Waals surface area contributed by atoms with Crippen LogP contribution in [0.4, 0.5) is 13.2 Å². The normalized spacial score (nSPS) is 19.2. The Bertz CT molecular complexity index is 371. The third kappa shape index (κ3) is 1.81. The van der Waals surface area contributed by atoms with Crippen LogP contribution >= 0.6 is 0 Å². The summed E-state index contributed by atoms with van der Waals surface area (Å²) in [6, 6.07) is 1.31. The molecule has 90 valence electrons. The van der Waals surface area contributed by atoms with Crippen molar-refractivity contribution < 1.29 is 23.1 Å². The summed E-state index contributed by atoms with van der Waals surface area (Å²) >= 11 is 0. The Morgan fingerprint density at radius 1 is 1.50 bits per heavy atom. The summed E-state index contributed by atoms with van der Waals surface area (Å²) < 4.78 is 43.1. The van der Waals surface area contributed by atoms with Crippen LogP contribution in [0.15, 0.2) is 12.3 Å². The van der Waals surface area contributed by atoms with E-state index in [1.807, 2.05) is 0 Å². The van der Waals surface area contributed by atoms with E-state index in [4.69, 9.17) is 9.94 Å². The van der Waals surface area contributed by atoms with E-state index in [9.17, 15) is 13.2 Å². The molecule has 1 N–H and O–H groups in total. The molecule has 0 aromatic carbocycles. The Labute approximate surface area is 89.6 Å². The zero-order valence-corrected chi connectivity index (χ0v) is 8.37. The maximum absolute atomic E-state index is 12.7. The second-order valence-corrected chi connectivity index (χ2v) is 3.99. The molecule has 0 saturated heterocycles. The fourth-order valence-corrected chi connectivity index (χ4v) is 1.70. The van der Waals surface area contributed by atoms with Gasteiger partial charge in [0.15, 0.2) is 0 Å². The molecule has 1 aliphatic carbocycles. The number of nitrogens with zero attached hydrogens (tertiary/aromatic N) is 2. The Morgan fingerprint density at radius 3 is 2.56 bits per heavy atom. The molecule has 0 bridgehead atoms. The minimum atomic E-state index is -4.24. The van der Waals surface area contributed by atoms with Gasteiger partial charge in [-0.05, 0) is 12.8 Å². The SMILES string of the molecule is On1ccc(OCC2(C(F)(F)F)CCC2)n1. The van der Waals surface area contributed by atoms with E-state index in [1.54, 1.807) is 0 Å². The van der Waals surface area contributed by atoms with Crippen molar-refractivity contribution in [3.8, 4) is 5.88 Å². The lowest BCUT2D eigenvalue weighted by atomic mass is 9.69. The van der Waals surface area contributed by atoms with Gasteiger partial charge in [0.05, 0.1) is 6.20 Å². The van der Waals surface area contributed by atoms with Gasteiger partial charge in [-0.2, -0.15) is 13.2 Å². The second-order valence-electron chi connectivity index (χ2n) is 3.99. The number of hydrogen-bond donors (Lipinski definition) is 1. The van der Waals surface area contributed by atoms with Crippen molar-refractivity contribution in [3.63, 3.8) is 0 Å². The summed E-state index contributed by atoms with van der Waals surface area (Å²) in [5, 5.41) is 12.3. The van der Waals surface area contributed by atoms with Crippen LogP contribution in [-0.4, -0.2) is 27.9 Å². The summed E-state index contributed by atoms with van der Waals surface area (Å²) in [5.74, 6) is -0.00183. The number of alkyl halides is 3. The van der Waals surface area contributed by atoms with Crippen molar-refractivity contribution in [3.05, 3.63) is 12.3 Å². The van der Waals surface area contributed by atoms with Gasteiger partial charge < -0.3 is 9.94 Å². The van der Waals surface area contributed by atoms with Crippen LogP contribution in [0.5, 0.6) is 5.88 Å². The lowest BCUT2D eigenvalue weighted by molar-refractivity contribution is -0.259. The molecule has 0 amide bonds. The molecule has 1 aromatic rings. The molecule has 0 radical (unpaired) electrons. The zero-order chi connectivity index (χ0) is 11.8. The number of halogens is 3. The summed E-state index contributed by atoms with van der Waals surface area (Å²) in [6.07, 6.45) is -2.30. The summed E-state index contributed by atoms with van der Waals surface area (Å²) in [6.45, 7) is -0.437. The molecule has 1 saturated carbocycles. The van der Waals surface area contributed by atoms with E-state index in [2.05, 4.69) is 5.10 Å². The van der Waals surface area contributed by atoms with Crippen LogP contribution < -0.4 is 4.74 Å². The molecule has 0 aliphatic heterocycles. The summed E-state index contributed by atoms with van der Waals surface area (Å²) in [4.78, 5) is 0.496. The second kappa shape index (κ2) is 3.57. The first kappa shape index (κ1) is 11.1. The van der Waals surface area contributed by atoms with E-state index in [0.29, 0.717) is 11.3 Å². The average molecular weight is 236 g/mol.